The van der Waals surface area contributed by atoms with Crippen LogP contribution in [0, 0.1) is 13.8 Å². The fraction of sp³-hybridized carbons (Fsp3) is 0.370. The lowest BCUT2D eigenvalue weighted by atomic mass is 9.92. The number of nitrogens with one attached hydrogen (secondary N) is 1. The molecule has 0 aliphatic carbocycles. The van der Waals surface area contributed by atoms with E-state index in [1.165, 1.54) is 11.1 Å². The van der Waals surface area contributed by atoms with Crippen molar-refractivity contribution < 1.29 is 14.0 Å². The molecule has 1 N–H and O–H groups in total. The molecule has 3 aromatic rings. The second-order valence-electron chi connectivity index (χ2n) is 8.72. The molecule has 1 aliphatic heterocycles. The maximum atomic E-state index is 5.85. The van der Waals surface area contributed by atoms with Gasteiger partial charge < -0.3 is 24.2 Å². The molecule has 0 saturated heterocycles. The number of methoxy groups -OCH3 is 2. The molecule has 35 heavy (non-hydrogen) atoms. The molecule has 1 unspecified atom stereocenters. The molecule has 1 aliphatic rings. The van der Waals surface area contributed by atoms with E-state index in [0.717, 1.165) is 41.8 Å². The average Bonchev–Trinajstić information content (AvgIpc) is 3.34. The summed E-state index contributed by atoms with van der Waals surface area (Å²) in [6.45, 7) is 9.30. The second kappa shape index (κ2) is 10.5. The number of hydrogen-bond acceptors (Lipinski definition) is 6. The van der Waals surface area contributed by atoms with E-state index >= 15 is 0 Å². The summed E-state index contributed by atoms with van der Waals surface area (Å²) in [4.78, 5) is 6.93. The molecule has 1 atom stereocenters. The van der Waals surface area contributed by atoms with E-state index in [2.05, 4.69) is 61.3 Å². The summed E-state index contributed by atoms with van der Waals surface area (Å²) in [6.07, 6.45) is 2.10. The summed E-state index contributed by atoms with van der Waals surface area (Å²) < 4.78 is 16.7. The standard InChI is InChI=1S/C27H32N4O3S/c1-7-8-13-31-18(4)23(24(28-27(31)35)19-10-9-16(2)17(3)14-19)26-29-25(30-34-26)20-11-12-21(32-5)22(15-20)33-6/h9-12,14-15,24H,7-8,13H2,1-6H3,(H,28,35). The van der Waals surface area contributed by atoms with Crippen LogP contribution in [0.1, 0.15) is 55.3 Å². The van der Waals surface area contributed by atoms with Gasteiger partial charge in [-0.05, 0) is 74.3 Å². The number of nitrogens with zero attached hydrogens (tertiary/aromatic N) is 3. The number of benzene rings is 2. The molecular formula is C27H32N4O3S. The molecule has 0 spiro atoms. The predicted molar refractivity (Wildman–Crippen MR) is 141 cm³/mol. The maximum Gasteiger partial charge on any atom is 0.258 e. The number of rotatable bonds is 8. The van der Waals surface area contributed by atoms with Gasteiger partial charge in [0.15, 0.2) is 16.6 Å². The smallest absolute Gasteiger partial charge is 0.258 e. The third-order valence-corrected chi connectivity index (χ3v) is 6.83. The lowest BCUT2D eigenvalue weighted by Gasteiger charge is -2.37. The van der Waals surface area contributed by atoms with Crippen LogP contribution < -0.4 is 14.8 Å². The van der Waals surface area contributed by atoms with Gasteiger partial charge in [-0.2, -0.15) is 4.98 Å². The van der Waals surface area contributed by atoms with E-state index in [4.69, 9.17) is 31.2 Å². The van der Waals surface area contributed by atoms with Crippen LogP contribution in [0.2, 0.25) is 0 Å². The van der Waals surface area contributed by atoms with Crippen molar-refractivity contribution in [2.24, 2.45) is 0 Å². The Balaban J connectivity index is 1.80. The van der Waals surface area contributed by atoms with Crippen molar-refractivity contribution in [1.29, 1.82) is 0 Å². The SMILES string of the molecule is CCCCN1C(=S)NC(c2ccc(C)c(C)c2)C(c2nc(-c3ccc(OC)c(OC)c3)no2)=C1C. The fourth-order valence-corrected chi connectivity index (χ4v) is 4.61. The van der Waals surface area contributed by atoms with Gasteiger partial charge in [0.2, 0.25) is 5.82 Å². The summed E-state index contributed by atoms with van der Waals surface area (Å²) >= 11 is 5.78. The zero-order chi connectivity index (χ0) is 25.1. The van der Waals surface area contributed by atoms with Gasteiger partial charge >= 0.3 is 0 Å². The third-order valence-electron chi connectivity index (χ3n) is 6.49. The van der Waals surface area contributed by atoms with Crippen LogP contribution in [0.4, 0.5) is 0 Å². The molecule has 2 heterocycles. The van der Waals surface area contributed by atoms with Crippen molar-refractivity contribution in [3.05, 3.63) is 64.7 Å². The summed E-state index contributed by atoms with van der Waals surface area (Å²) in [6, 6.07) is 11.8. The Kier molecular flexibility index (Phi) is 7.40. The minimum Gasteiger partial charge on any atom is -0.493 e. The number of aromatic nitrogens is 2. The number of hydrogen-bond donors (Lipinski definition) is 1. The Morgan fingerprint density at radius 3 is 2.49 bits per heavy atom. The topological polar surface area (TPSA) is 72.7 Å². The van der Waals surface area contributed by atoms with Gasteiger partial charge in [0.05, 0.1) is 25.8 Å². The van der Waals surface area contributed by atoms with E-state index < -0.39 is 0 Å². The van der Waals surface area contributed by atoms with Crippen LogP contribution >= 0.6 is 12.2 Å². The van der Waals surface area contributed by atoms with Crippen molar-refractivity contribution >= 4 is 22.9 Å². The minimum atomic E-state index is -0.196. The maximum absolute atomic E-state index is 5.85. The van der Waals surface area contributed by atoms with Crippen molar-refractivity contribution in [1.82, 2.24) is 20.4 Å². The summed E-state index contributed by atoms with van der Waals surface area (Å²) in [5.41, 5.74) is 6.29. The normalized spacial score (nSPS) is 15.9. The third kappa shape index (κ3) is 4.89. The molecule has 0 bridgehead atoms. The quantitative estimate of drug-likeness (QED) is 0.394. The molecule has 0 amide bonds. The van der Waals surface area contributed by atoms with E-state index in [1.54, 1.807) is 14.2 Å². The number of aryl methyl sites for hydroxylation is 2. The number of thiocarbonyl (C=S) groups is 1. The summed E-state index contributed by atoms with van der Waals surface area (Å²) in [7, 11) is 3.21. The zero-order valence-electron chi connectivity index (χ0n) is 21.1. The summed E-state index contributed by atoms with van der Waals surface area (Å²) in [5, 5.41) is 8.54. The average molecular weight is 493 g/mol. The van der Waals surface area contributed by atoms with Crippen molar-refractivity contribution in [3.63, 3.8) is 0 Å². The summed E-state index contributed by atoms with van der Waals surface area (Å²) in [5.74, 6) is 2.19. The lowest BCUT2D eigenvalue weighted by molar-refractivity contribution is 0.355. The Morgan fingerprint density at radius 1 is 1.03 bits per heavy atom. The van der Waals surface area contributed by atoms with Crippen LogP contribution in [0.3, 0.4) is 0 Å². The predicted octanol–water partition coefficient (Wildman–Crippen LogP) is 5.83. The Labute approximate surface area is 212 Å². The van der Waals surface area contributed by atoms with Gasteiger partial charge in [-0.1, -0.05) is 36.7 Å². The first kappa shape index (κ1) is 24.7. The molecule has 1 aromatic heterocycles. The monoisotopic (exact) mass is 492 g/mol. The minimum absolute atomic E-state index is 0.196. The van der Waals surface area contributed by atoms with Crippen molar-refractivity contribution in [2.45, 2.75) is 46.6 Å². The van der Waals surface area contributed by atoms with Crippen LogP contribution in [-0.2, 0) is 0 Å². The first-order valence-corrected chi connectivity index (χ1v) is 12.2. The molecule has 7 nitrogen and oxygen atoms in total. The Hall–Kier alpha value is -3.39. The molecule has 184 valence electrons. The molecule has 0 radical (unpaired) electrons. The van der Waals surface area contributed by atoms with E-state index in [0.29, 0.717) is 28.3 Å². The second-order valence-corrected chi connectivity index (χ2v) is 9.11. The molecule has 2 aromatic carbocycles. The highest BCUT2D eigenvalue weighted by molar-refractivity contribution is 7.80. The van der Waals surface area contributed by atoms with Gasteiger partial charge in [-0.25, -0.2) is 0 Å². The van der Waals surface area contributed by atoms with E-state index in [1.807, 2.05) is 18.2 Å². The van der Waals surface area contributed by atoms with Crippen LogP contribution in [0.25, 0.3) is 17.0 Å². The van der Waals surface area contributed by atoms with Crippen molar-refractivity contribution in [2.75, 3.05) is 20.8 Å². The van der Waals surface area contributed by atoms with Gasteiger partial charge in [0.25, 0.3) is 5.89 Å². The molecule has 0 saturated carbocycles. The highest BCUT2D eigenvalue weighted by Gasteiger charge is 2.34. The van der Waals surface area contributed by atoms with Gasteiger partial charge in [0.1, 0.15) is 0 Å². The molecule has 4 rings (SSSR count). The highest BCUT2D eigenvalue weighted by Crippen LogP contribution is 2.38. The highest BCUT2D eigenvalue weighted by atomic mass is 32.1. The van der Waals surface area contributed by atoms with E-state index in [9.17, 15) is 0 Å². The molecular weight excluding hydrogens is 460 g/mol. The van der Waals surface area contributed by atoms with Gasteiger partial charge in [-0.15, -0.1) is 0 Å². The number of allylic oxidation sites excluding steroid dienone is 1. The van der Waals surface area contributed by atoms with Gasteiger partial charge in [0, 0.05) is 17.8 Å². The first-order chi connectivity index (χ1) is 16.9. The number of ether oxygens (including phenoxy) is 2. The largest absolute Gasteiger partial charge is 0.493 e. The fourth-order valence-electron chi connectivity index (χ4n) is 4.26. The molecule has 8 heteroatoms. The zero-order valence-corrected chi connectivity index (χ0v) is 22.0. The van der Waals surface area contributed by atoms with Gasteiger partial charge in [-0.3, -0.25) is 0 Å². The Bertz CT molecular complexity index is 1270. The van der Waals surface area contributed by atoms with E-state index in [-0.39, 0.29) is 6.04 Å². The lowest BCUT2D eigenvalue weighted by Crippen LogP contribution is -2.46. The Morgan fingerprint density at radius 2 is 1.80 bits per heavy atom. The number of unbranched alkanes of at least 4 members (excludes halogenated alkanes) is 1. The van der Waals surface area contributed by atoms with Crippen LogP contribution in [0.5, 0.6) is 11.5 Å². The molecule has 0 fully saturated rings. The first-order valence-electron chi connectivity index (χ1n) is 11.8. The van der Waals surface area contributed by atoms with Crippen molar-refractivity contribution in [3.8, 4) is 22.9 Å². The van der Waals surface area contributed by atoms with Crippen LogP contribution in [0.15, 0.2) is 46.6 Å². The van der Waals surface area contributed by atoms with Crippen LogP contribution in [-0.4, -0.2) is 40.9 Å².